The molecule has 13 heteroatoms. The monoisotopic (exact) mass is 968 g/mol. The summed E-state index contributed by atoms with van der Waals surface area (Å²) < 4.78 is 4.35. The normalized spacial score (nSPS) is 14.1. The van der Waals surface area contributed by atoms with Gasteiger partial charge in [-0.3, -0.25) is 9.59 Å². The Morgan fingerprint density at radius 2 is 1.22 bits per heavy atom. The van der Waals surface area contributed by atoms with Gasteiger partial charge in [0.25, 0.3) is 0 Å². The van der Waals surface area contributed by atoms with Crippen LogP contribution in [0.1, 0.15) is 59.1 Å². The standard InChI is InChI=1S/C16H23NOSi.C13H15NO.C6H5I.C3H4Cl2O2.C2H3Cl3.CH4/c1-14(18)17-11-9-16(10-12-17)19(2,3)13-15-7-5-4-6-8-15;1-11(15)14-9-7-13(8-10-14)12-5-3-2-4-6-12;7-6-4-2-1-3-5-6;1-2(4)7-3(5)6;1-2(3,4)5;/h4-9H,10-13H2,1-3H3;2-7H,8-10H2,1H3;1-5H;2H,1H3;1H3;1H4. The molecule has 0 saturated carbocycles. The quantitative estimate of drug-likeness (QED) is 0.111. The zero-order valence-corrected chi connectivity index (χ0v) is 38.1. The average molecular weight is 971 g/mol. The number of benzene rings is 3. The van der Waals surface area contributed by atoms with E-state index >= 15 is 0 Å². The summed E-state index contributed by atoms with van der Waals surface area (Å²) in [6.45, 7) is 14.4. The van der Waals surface area contributed by atoms with E-state index in [9.17, 15) is 14.4 Å². The van der Waals surface area contributed by atoms with Crippen LogP contribution in [0, 0.1) is 3.57 Å². The molecule has 2 aliphatic rings. The minimum Gasteiger partial charge on any atom is -0.434 e. The summed E-state index contributed by atoms with van der Waals surface area (Å²) in [4.78, 5) is 36.0. The summed E-state index contributed by atoms with van der Waals surface area (Å²) in [5.74, 6) is 0.358. The third-order valence-electron chi connectivity index (χ3n) is 7.80. The number of halogens is 6. The smallest absolute Gasteiger partial charge is 0.405 e. The Morgan fingerprint density at radius 1 is 0.796 bits per heavy atom. The average Bonchev–Trinajstić information content (AvgIpc) is 3.09. The van der Waals surface area contributed by atoms with E-state index < -0.39 is 22.9 Å². The fourth-order valence-electron chi connectivity index (χ4n) is 5.20. The number of hydrogen-bond donors (Lipinski definition) is 0. The molecule has 0 fully saturated rings. The van der Waals surface area contributed by atoms with Gasteiger partial charge in [-0.15, -0.1) is 0 Å². The molecule has 0 bridgehead atoms. The Kier molecular flexibility index (Phi) is 26.5. The fraction of sp³-hybridized carbons (Fsp3) is 0.390. The van der Waals surface area contributed by atoms with E-state index in [-0.39, 0.29) is 19.2 Å². The van der Waals surface area contributed by atoms with E-state index in [2.05, 4.69) is 107 Å². The zero-order chi connectivity index (χ0) is 40.0. The number of alkyl halides is 4. The molecule has 3 aromatic carbocycles. The van der Waals surface area contributed by atoms with Crippen molar-refractivity contribution in [3.63, 3.8) is 0 Å². The van der Waals surface area contributed by atoms with Crippen LogP contribution in [0.3, 0.4) is 0 Å². The van der Waals surface area contributed by atoms with Gasteiger partial charge in [0.1, 0.15) is 0 Å². The van der Waals surface area contributed by atoms with Crippen LogP contribution in [0.25, 0.3) is 5.57 Å². The third kappa shape index (κ3) is 25.2. The largest absolute Gasteiger partial charge is 0.434 e. The molecule has 5 rings (SSSR count). The van der Waals surface area contributed by atoms with E-state index in [0.29, 0.717) is 0 Å². The highest BCUT2D eigenvalue weighted by Gasteiger charge is 2.28. The lowest BCUT2D eigenvalue weighted by Crippen LogP contribution is -2.40. The molecular weight excluding hydrogens is 917 g/mol. The van der Waals surface area contributed by atoms with Crippen molar-refractivity contribution in [2.75, 3.05) is 26.2 Å². The van der Waals surface area contributed by atoms with Gasteiger partial charge in [-0.1, -0.05) is 169 Å². The number of rotatable bonds is 5. The first-order valence-electron chi connectivity index (χ1n) is 17.0. The van der Waals surface area contributed by atoms with E-state index in [1.165, 1.54) is 40.2 Å². The molecular formula is C41H54Cl5IN2O4Si. The minimum atomic E-state index is -1.38. The lowest BCUT2D eigenvalue weighted by Gasteiger charge is -2.33. The van der Waals surface area contributed by atoms with Crippen LogP contribution in [0.2, 0.25) is 13.1 Å². The maximum atomic E-state index is 11.4. The molecule has 0 saturated heterocycles. The molecule has 2 heterocycles. The van der Waals surface area contributed by atoms with Gasteiger partial charge in [0.15, 0.2) is 9.36 Å². The summed E-state index contributed by atoms with van der Waals surface area (Å²) in [7, 11) is -1.38. The van der Waals surface area contributed by atoms with Gasteiger partial charge < -0.3 is 14.5 Å². The topological polar surface area (TPSA) is 66.9 Å². The summed E-state index contributed by atoms with van der Waals surface area (Å²) in [5, 5.41) is 1.62. The van der Waals surface area contributed by atoms with Gasteiger partial charge in [0.05, 0.1) is 8.07 Å². The molecule has 3 aromatic rings. The zero-order valence-electron chi connectivity index (χ0n) is 31.1. The molecule has 1 unspecified atom stereocenters. The first kappa shape index (κ1) is 51.9. The minimum absolute atomic E-state index is 0. The number of hydrogen-bond acceptors (Lipinski definition) is 4. The first-order valence-corrected chi connectivity index (χ1v) is 23.3. The molecule has 298 valence electrons. The van der Waals surface area contributed by atoms with Crippen molar-refractivity contribution in [3.05, 3.63) is 123 Å². The van der Waals surface area contributed by atoms with Crippen molar-refractivity contribution >= 4 is 111 Å². The van der Waals surface area contributed by atoms with Gasteiger partial charge >= 0.3 is 5.43 Å². The Bertz CT molecular complexity index is 1580. The van der Waals surface area contributed by atoms with Gasteiger partial charge in [0.2, 0.25) is 11.8 Å². The molecule has 54 heavy (non-hydrogen) atoms. The van der Waals surface area contributed by atoms with Crippen LogP contribution in [0.15, 0.2) is 108 Å². The van der Waals surface area contributed by atoms with Gasteiger partial charge in [-0.05, 0) is 78.6 Å². The van der Waals surface area contributed by atoms with Gasteiger partial charge in [0, 0.05) is 55.2 Å². The number of carbonyl (C=O) groups is 3. The summed E-state index contributed by atoms with van der Waals surface area (Å²) in [6, 6.07) is 32.5. The Labute approximate surface area is 363 Å². The van der Waals surface area contributed by atoms with E-state index in [0.717, 1.165) is 39.0 Å². The van der Waals surface area contributed by atoms with Gasteiger partial charge in [-0.25, -0.2) is 4.79 Å². The number of ether oxygens (including phenoxy) is 1. The van der Waals surface area contributed by atoms with Gasteiger partial charge in [-0.2, -0.15) is 0 Å². The predicted octanol–water partition coefficient (Wildman–Crippen LogP) is 12.8. The summed E-state index contributed by atoms with van der Waals surface area (Å²) >= 11 is 27.3. The SMILES string of the molecule is C.CC(=O)N1CC=C([Si](C)(C)Cc2ccccc2)CC1.CC(=O)N1CC=C(c2ccccc2)CC1.CC(Cl)(Cl)Cl.CC(Cl)OC(=O)Cl.Ic1ccccc1. The lowest BCUT2D eigenvalue weighted by atomic mass is 10.00. The van der Waals surface area contributed by atoms with E-state index in [4.69, 9.17) is 58.0 Å². The summed E-state index contributed by atoms with van der Waals surface area (Å²) in [6.07, 6.45) is 6.48. The number of nitrogens with zero attached hydrogens (tertiary/aromatic N) is 2. The first-order chi connectivity index (χ1) is 24.8. The second-order valence-corrected chi connectivity index (χ2v) is 22.6. The van der Waals surface area contributed by atoms with Crippen LogP contribution in [-0.4, -0.2) is 70.7 Å². The Balaban J connectivity index is 0.000000710. The van der Waals surface area contributed by atoms with E-state index in [1.54, 1.807) is 19.0 Å². The molecule has 2 aliphatic heterocycles. The molecule has 0 radical (unpaired) electrons. The highest BCUT2D eigenvalue weighted by molar-refractivity contribution is 14.1. The maximum absolute atomic E-state index is 11.4. The molecule has 0 aromatic heterocycles. The lowest BCUT2D eigenvalue weighted by molar-refractivity contribution is -0.129. The Hall–Kier alpha value is -2.05. The molecule has 2 amide bonds. The van der Waals surface area contributed by atoms with Crippen LogP contribution in [-0.2, 0) is 20.4 Å². The second-order valence-electron chi connectivity index (χ2n) is 12.8. The van der Waals surface area contributed by atoms with Crippen LogP contribution >= 0.6 is 80.6 Å². The van der Waals surface area contributed by atoms with Crippen molar-refractivity contribution < 1.29 is 19.1 Å². The Morgan fingerprint density at radius 3 is 1.54 bits per heavy atom. The summed E-state index contributed by atoms with van der Waals surface area (Å²) in [5.41, 5.74) is 2.57. The maximum Gasteiger partial charge on any atom is 0.405 e. The molecule has 6 nitrogen and oxygen atoms in total. The number of carbonyl (C=O) groups excluding carboxylic acids is 3. The van der Waals surface area contributed by atoms with Crippen LogP contribution < -0.4 is 0 Å². The second kappa shape index (κ2) is 27.5. The van der Waals surface area contributed by atoms with Crippen molar-refractivity contribution in [1.29, 1.82) is 0 Å². The van der Waals surface area contributed by atoms with Crippen LogP contribution in [0.4, 0.5) is 4.79 Å². The predicted molar refractivity (Wildman–Crippen MR) is 243 cm³/mol. The van der Waals surface area contributed by atoms with E-state index in [1.807, 2.05) is 46.2 Å². The molecule has 0 aliphatic carbocycles. The van der Waals surface area contributed by atoms with Crippen molar-refractivity contribution in [1.82, 2.24) is 9.80 Å². The third-order valence-corrected chi connectivity index (χ3v) is 12.2. The highest BCUT2D eigenvalue weighted by atomic mass is 127. The highest BCUT2D eigenvalue weighted by Crippen LogP contribution is 2.26. The van der Waals surface area contributed by atoms with Crippen molar-refractivity contribution in [3.8, 4) is 0 Å². The molecule has 1 atom stereocenters. The molecule has 0 N–H and O–H groups in total. The number of amides is 2. The van der Waals surface area contributed by atoms with Crippen molar-refractivity contribution in [2.24, 2.45) is 0 Å². The van der Waals surface area contributed by atoms with Crippen LogP contribution in [0.5, 0.6) is 0 Å². The fourth-order valence-corrected chi connectivity index (χ4v) is 8.79. The van der Waals surface area contributed by atoms with Crippen molar-refractivity contribution in [2.45, 2.75) is 76.5 Å². The molecule has 0 spiro atoms.